The lowest BCUT2D eigenvalue weighted by Gasteiger charge is -2.06. The zero-order valence-electron chi connectivity index (χ0n) is 11.5. The topological polar surface area (TPSA) is 12.9 Å². The molecule has 0 aliphatic rings. The summed E-state index contributed by atoms with van der Waals surface area (Å²) in [4.78, 5) is 3.83. The van der Waals surface area contributed by atoms with E-state index in [1.165, 1.54) is 12.1 Å². The van der Waals surface area contributed by atoms with Gasteiger partial charge in [0.05, 0.1) is 0 Å². The smallest absolute Gasteiger partial charge is 0.220 e. The summed E-state index contributed by atoms with van der Waals surface area (Å²) < 4.78 is 27.1. The van der Waals surface area contributed by atoms with Crippen LogP contribution >= 0.6 is 0 Å². The normalized spacial score (nSPS) is 10.6. The number of halogens is 2. The van der Waals surface area contributed by atoms with E-state index in [9.17, 15) is 8.78 Å². The minimum atomic E-state index is -0.478. The third kappa shape index (κ3) is 2.82. The SMILES string of the molecule is Cc1ccc(-c2ccc(-c3cccc(F)c3)cc2)c(F)n1. The quantitative estimate of drug-likeness (QED) is 0.602. The molecule has 0 amide bonds. The van der Waals surface area contributed by atoms with Gasteiger partial charge in [0.15, 0.2) is 0 Å². The highest BCUT2D eigenvalue weighted by Crippen LogP contribution is 2.26. The molecular formula is C18H13F2N. The minimum Gasteiger partial charge on any atom is -0.225 e. The van der Waals surface area contributed by atoms with E-state index < -0.39 is 5.95 Å². The molecule has 0 saturated carbocycles. The van der Waals surface area contributed by atoms with Gasteiger partial charge in [-0.3, -0.25) is 0 Å². The highest BCUT2D eigenvalue weighted by Gasteiger charge is 2.07. The summed E-state index contributed by atoms with van der Waals surface area (Å²) in [5, 5.41) is 0. The van der Waals surface area contributed by atoms with Crippen molar-refractivity contribution in [2.75, 3.05) is 0 Å². The monoisotopic (exact) mass is 281 g/mol. The first kappa shape index (κ1) is 13.4. The molecule has 1 heterocycles. The van der Waals surface area contributed by atoms with Crippen molar-refractivity contribution in [3.8, 4) is 22.3 Å². The highest BCUT2D eigenvalue weighted by molar-refractivity contribution is 5.70. The molecular weight excluding hydrogens is 268 g/mol. The number of benzene rings is 2. The van der Waals surface area contributed by atoms with E-state index in [4.69, 9.17) is 0 Å². The Balaban J connectivity index is 1.97. The van der Waals surface area contributed by atoms with E-state index in [1.807, 2.05) is 30.3 Å². The molecule has 21 heavy (non-hydrogen) atoms. The standard InChI is InChI=1S/C18H13F2N/c1-12-5-10-17(18(20)21-12)14-8-6-13(7-9-14)15-3-2-4-16(19)11-15/h2-11H,1H3. The third-order valence-corrected chi connectivity index (χ3v) is 3.34. The number of aromatic nitrogens is 1. The van der Waals surface area contributed by atoms with Gasteiger partial charge in [-0.05, 0) is 47.9 Å². The number of nitrogens with zero attached hydrogens (tertiary/aromatic N) is 1. The van der Waals surface area contributed by atoms with Crippen LogP contribution in [0.3, 0.4) is 0 Å². The van der Waals surface area contributed by atoms with Crippen LogP contribution in [-0.2, 0) is 0 Å². The molecule has 0 fully saturated rings. The Hall–Kier alpha value is -2.55. The molecule has 0 N–H and O–H groups in total. The maximum absolute atomic E-state index is 13.9. The van der Waals surface area contributed by atoms with Gasteiger partial charge >= 0.3 is 0 Å². The molecule has 0 radical (unpaired) electrons. The summed E-state index contributed by atoms with van der Waals surface area (Å²) in [5.41, 5.74) is 3.54. The Bertz CT molecular complexity index is 779. The van der Waals surface area contributed by atoms with Gasteiger partial charge in [0.1, 0.15) is 5.82 Å². The molecule has 0 aliphatic carbocycles. The summed E-state index contributed by atoms with van der Waals surface area (Å²) in [6.07, 6.45) is 0. The predicted molar refractivity (Wildman–Crippen MR) is 79.8 cm³/mol. The van der Waals surface area contributed by atoms with Crippen molar-refractivity contribution in [2.45, 2.75) is 6.92 Å². The number of aryl methyl sites for hydroxylation is 1. The van der Waals surface area contributed by atoms with Crippen LogP contribution in [0.15, 0.2) is 60.7 Å². The van der Waals surface area contributed by atoms with Crippen LogP contribution in [0.1, 0.15) is 5.69 Å². The Morgan fingerprint density at radius 1 is 0.762 bits per heavy atom. The molecule has 3 heteroatoms. The Kier molecular flexibility index (Phi) is 3.48. The van der Waals surface area contributed by atoms with Crippen LogP contribution in [-0.4, -0.2) is 4.98 Å². The average Bonchev–Trinajstić information content (AvgIpc) is 2.47. The van der Waals surface area contributed by atoms with Gasteiger partial charge in [-0.1, -0.05) is 36.4 Å². The van der Waals surface area contributed by atoms with Gasteiger partial charge in [0.25, 0.3) is 0 Å². The summed E-state index contributed by atoms with van der Waals surface area (Å²) in [6.45, 7) is 1.75. The van der Waals surface area contributed by atoms with Gasteiger partial charge in [-0.2, -0.15) is 4.39 Å². The van der Waals surface area contributed by atoms with Crippen LogP contribution in [0.25, 0.3) is 22.3 Å². The molecule has 2 aromatic carbocycles. The molecule has 1 nitrogen and oxygen atoms in total. The van der Waals surface area contributed by atoms with Gasteiger partial charge < -0.3 is 0 Å². The molecule has 3 aromatic rings. The lowest BCUT2D eigenvalue weighted by atomic mass is 10.0. The maximum Gasteiger partial charge on any atom is 0.220 e. The van der Waals surface area contributed by atoms with Crippen molar-refractivity contribution in [1.82, 2.24) is 4.98 Å². The second-order valence-corrected chi connectivity index (χ2v) is 4.88. The molecule has 0 bridgehead atoms. The van der Waals surface area contributed by atoms with Gasteiger partial charge in [0.2, 0.25) is 5.95 Å². The van der Waals surface area contributed by atoms with Crippen LogP contribution < -0.4 is 0 Å². The summed E-state index contributed by atoms with van der Waals surface area (Å²) in [7, 11) is 0. The summed E-state index contributed by atoms with van der Waals surface area (Å²) in [6, 6.07) is 17.2. The third-order valence-electron chi connectivity index (χ3n) is 3.34. The van der Waals surface area contributed by atoms with Crippen LogP contribution in [0.5, 0.6) is 0 Å². The maximum atomic E-state index is 13.9. The second-order valence-electron chi connectivity index (χ2n) is 4.88. The fraction of sp³-hybridized carbons (Fsp3) is 0.0556. The number of pyridine rings is 1. The Labute approximate surface area is 121 Å². The molecule has 0 unspecified atom stereocenters. The number of rotatable bonds is 2. The van der Waals surface area contributed by atoms with Gasteiger partial charge in [0, 0.05) is 11.3 Å². The van der Waals surface area contributed by atoms with E-state index in [2.05, 4.69) is 4.98 Å². The fourth-order valence-electron chi connectivity index (χ4n) is 2.25. The highest BCUT2D eigenvalue weighted by atomic mass is 19.1. The molecule has 0 saturated heterocycles. The molecule has 3 rings (SSSR count). The van der Waals surface area contributed by atoms with Gasteiger partial charge in [-0.15, -0.1) is 0 Å². The molecule has 0 atom stereocenters. The molecule has 0 spiro atoms. The molecule has 1 aromatic heterocycles. The first-order valence-corrected chi connectivity index (χ1v) is 6.63. The summed E-state index contributed by atoms with van der Waals surface area (Å²) in [5.74, 6) is -0.751. The first-order chi connectivity index (χ1) is 10.1. The minimum absolute atomic E-state index is 0.273. The van der Waals surface area contributed by atoms with Crippen molar-refractivity contribution < 1.29 is 8.78 Å². The van der Waals surface area contributed by atoms with Crippen LogP contribution in [0, 0.1) is 18.7 Å². The average molecular weight is 281 g/mol. The number of hydrogen-bond donors (Lipinski definition) is 0. The lowest BCUT2D eigenvalue weighted by Crippen LogP contribution is -1.91. The largest absolute Gasteiger partial charge is 0.225 e. The van der Waals surface area contributed by atoms with Crippen molar-refractivity contribution in [2.24, 2.45) is 0 Å². The van der Waals surface area contributed by atoms with Crippen LogP contribution in [0.2, 0.25) is 0 Å². The number of hydrogen-bond acceptors (Lipinski definition) is 1. The molecule has 0 aliphatic heterocycles. The fourth-order valence-corrected chi connectivity index (χ4v) is 2.25. The van der Waals surface area contributed by atoms with E-state index in [0.29, 0.717) is 11.3 Å². The van der Waals surface area contributed by atoms with Crippen molar-refractivity contribution >= 4 is 0 Å². The second kappa shape index (κ2) is 5.44. The van der Waals surface area contributed by atoms with Gasteiger partial charge in [-0.25, -0.2) is 9.37 Å². The Morgan fingerprint density at radius 2 is 1.48 bits per heavy atom. The van der Waals surface area contributed by atoms with Crippen molar-refractivity contribution in [3.63, 3.8) is 0 Å². The van der Waals surface area contributed by atoms with E-state index in [-0.39, 0.29) is 5.82 Å². The lowest BCUT2D eigenvalue weighted by molar-refractivity contribution is 0.584. The van der Waals surface area contributed by atoms with Crippen molar-refractivity contribution in [1.29, 1.82) is 0 Å². The van der Waals surface area contributed by atoms with E-state index in [1.54, 1.807) is 25.1 Å². The Morgan fingerprint density at radius 3 is 2.14 bits per heavy atom. The predicted octanol–water partition coefficient (Wildman–Crippen LogP) is 5.00. The van der Waals surface area contributed by atoms with Crippen molar-refractivity contribution in [3.05, 3.63) is 78.1 Å². The van der Waals surface area contributed by atoms with E-state index in [0.717, 1.165) is 16.7 Å². The zero-order chi connectivity index (χ0) is 14.8. The van der Waals surface area contributed by atoms with Crippen LogP contribution in [0.4, 0.5) is 8.78 Å². The molecule has 104 valence electrons. The zero-order valence-corrected chi connectivity index (χ0v) is 11.5. The summed E-state index contributed by atoms with van der Waals surface area (Å²) >= 11 is 0. The first-order valence-electron chi connectivity index (χ1n) is 6.63. The van der Waals surface area contributed by atoms with E-state index >= 15 is 0 Å².